The van der Waals surface area contributed by atoms with Crippen molar-refractivity contribution in [2.75, 3.05) is 11.9 Å². The number of anilines is 1. The molecule has 7 rings (SSSR count). The van der Waals surface area contributed by atoms with Crippen LogP contribution in [0, 0.1) is 0 Å². The molecule has 8 nitrogen and oxygen atoms in total. The van der Waals surface area contributed by atoms with Gasteiger partial charge in [-0.1, -0.05) is 30.3 Å². The number of rotatable bonds is 7. The SMILES string of the molecule is O=C(Nc1nc2c(C(=O)Cc3nc4c(s3)CN(Cc3ccsc3)CC4)cccc2[nH]1)c1cc2ccccc2cn1. The Hall–Kier alpha value is -4.25. The summed E-state index contributed by atoms with van der Waals surface area (Å²) >= 11 is 3.35. The van der Waals surface area contributed by atoms with Gasteiger partial charge in [0.05, 0.1) is 17.6 Å². The molecule has 1 aliphatic rings. The molecule has 0 radical (unpaired) electrons. The normalized spacial score (nSPS) is 13.5. The van der Waals surface area contributed by atoms with Crippen LogP contribution in [0.5, 0.6) is 0 Å². The lowest BCUT2D eigenvalue weighted by Crippen LogP contribution is -2.29. The number of amides is 1. The van der Waals surface area contributed by atoms with Gasteiger partial charge >= 0.3 is 0 Å². The minimum absolute atomic E-state index is 0.0487. The van der Waals surface area contributed by atoms with Gasteiger partial charge in [0.1, 0.15) is 16.2 Å². The summed E-state index contributed by atoms with van der Waals surface area (Å²) in [4.78, 5) is 46.7. The third-order valence-electron chi connectivity index (χ3n) is 7.06. The minimum Gasteiger partial charge on any atom is -0.324 e. The first-order valence-corrected chi connectivity index (χ1v) is 14.7. The number of pyridine rings is 1. The second kappa shape index (κ2) is 10.4. The number of fused-ring (bicyclic) bond motifs is 3. The highest BCUT2D eigenvalue weighted by Crippen LogP contribution is 2.28. The van der Waals surface area contributed by atoms with Gasteiger partial charge in [-0.2, -0.15) is 11.3 Å². The maximum Gasteiger partial charge on any atom is 0.276 e. The van der Waals surface area contributed by atoms with Crippen LogP contribution in [0.15, 0.2) is 71.6 Å². The molecule has 2 N–H and O–H groups in total. The lowest BCUT2D eigenvalue weighted by atomic mass is 10.1. The Balaban J connectivity index is 1.07. The first kappa shape index (κ1) is 24.8. The molecule has 0 fully saturated rings. The fraction of sp³-hybridized carbons (Fsp3) is 0.167. The van der Waals surface area contributed by atoms with Crippen molar-refractivity contribution in [1.29, 1.82) is 0 Å². The second-order valence-electron chi connectivity index (χ2n) is 9.83. The van der Waals surface area contributed by atoms with Gasteiger partial charge in [0.15, 0.2) is 5.78 Å². The highest BCUT2D eigenvalue weighted by atomic mass is 32.1. The second-order valence-corrected chi connectivity index (χ2v) is 11.8. The number of carbonyl (C=O) groups excluding carboxylic acids is 2. The monoisotopic (exact) mass is 564 g/mol. The average Bonchev–Trinajstić information content (AvgIpc) is 3.72. The van der Waals surface area contributed by atoms with E-state index in [9.17, 15) is 9.59 Å². The van der Waals surface area contributed by atoms with Crippen molar-refractivity contribution in [3.63, 3.8) is 0 Å². The Kier molecular flexibility index (Phi) is 6.43. The third kappa shape index (κ3) is 4.92. The maximum absolute atomic E-state index is 13.4. The van der Waals surface area contributed by atoms with Crippen LogP contribution in [0.4, 0.5) is 5.95 Å². The number of imidazole rings is 1. The predicted molar refractivity (Wildman–Crippen MR) is 158 cm³/mol. The predicted octanol–water partition coefficient (Wildman–Crippen LogP) is 5.87. The molecule has 1 aliphatic heterocycles. The van der Waals surface area contributed by atoms with Gasteiger partial charge in [-0.3, -0.25) is 24.8 Å². The Morgan fingerprint density at radius 1 is 1.05 bits per heavy atom. The molecule has 40 heavy (non-hydrogen) atoms. The van der Waals surface area contributed by atoms with Crippen LogP contribution in [0.2, 0.25) is 0 Å². The van der Waals surface area contributed by atoms with Gasteiger partial charge in [0, 0.05) is 48.1 Å². The summed E-state index contributed by atoms with van der Waals surface area (Å²) in [5, 5.41) is 9.81. The first-order chi connectivity index (χ1) is 19.6. The van der Waals surface area contributed by atoms with E-state index in [0.29, 0.717) is 16.6 Å². The number of hydrogen-bond acceptors (Lipinski definition) is 8. The number of ketones is 1. The summed E-state index contributed by atoms with van der Waals surface area (Å²) < 4.78 is 0. The summed E-state index contributed by atoms with van der Waals surface area (Å²) in [5.41, 5.74) is 4.44. The number of nitrogens with zero attached hydrogens (tertiary/aromatic N) is 4. The molecule has 0 unspecified atom stereocenters. The molecule has 2 aromatic carbocycles. The molecule has 1 amide bonds. The van der Waals surface area contributed by atoms with E-state index < -0.39 is 0 Å². The van der Waals surface area contributed by atoms with Crippen LogP contribution in [0.1, 0.15) is 42.0 Å². The standard InChI is InChI=1S/C30H24N6O2S2/c37-25(13-27-32-22-8-10-36(16-26(22)40-27)15-18-9-11-39-17-18)21-6-3-7-23-28(21)34-30(33-23)35-29(38)24-12-19-4-1-2-5-20(19)14-31-24/h1-7,9,11-12,14,17H,8,10,13,15-16H2,(H2,33,34,35,38). The zero-order valence-electron chi connectivity index (χ0n) is 21.4. The molecule has 0 aliphatic carbocycles. The summed E-state index contributed by atoms with van der Waals surface area (Å²) in [6, 6.07) is 17.1. The van der Waals surface area contributed by atoms with Gasteiger partial charge in [-0.05, 0) is 46.0 Å². The summed E-state index contributed by atoms with van der Waals surface area (Å²) in [7, 11) is 0. The molecule has 10 heteroatoms. The van der Waals surface area contributed by atoms with Crippen molar-refractivity contribution in [3.05, 3.63) is 104 Å². The van der Waals surface area contributed by atoms with Crippen LogP contribution >= 0.6 is 22.7 Å². The molecule has 6 aromatic rings. The Labute approximate surface area is 237 Å². The van der Waals surface area contributed by atoms with E-state index in [0.717, 1.165) is 47.5 Å². The zero-order valence-corrected chi connectivity index (χ0v) is 23.0. The number of aromatic nitrogens is 4. The van der Waals surface area contributed by atoms with Crippen molar-refractivity contribution >= 4 is 62.1 Å². The van der Waals surface area contributed by atoms with Crippen LogP contribution < -0.4 is 5.32 Å². The smallest absolute Gasteiger partial charge is 0.276 e. The van der Waals surface area contributed by atoms with E-state index in [1.54, 1.807) is 41.0 Å². The molecule has 0 spiro atoms. The number of thiophene rings is 1. The van der Waals surface area contributed by atoms with E-state index >= 15 is 0 Å². The van der Waals surface area contributed by atoms with E-state index in [1.165, 1.54) is 10.4 Å². The van der Waals surface area contributed by atoms with Crippen LogP contribution in [0.3, 0.4) is 0 Å². The molecule has 0 bridgehead atoms. The lowest BCUT2D eigenvalue weighted by molar-refractivity contribution is 0.0992. The number of H-pyrrole nitrogens is 1. The van der Waals surface area contributed by atoms with Crippen molar-refractivity contribution < 1.29 is 9.59 Å². The van der Waals surface area contributed by atoms with Gasteiger partial charge in [-0.15, -0.1) is 11.3 Å². The average molecular weight is 565 g/mol. The van der Waals surface area contributed by atoms with E-state index in [-0.39, 0.29) is 29.8 Å². The van der Waals surface area contributed by atoms with Crippen molar-refractivity contribution in [1.82, 2.24) is 24.8 Å². The molecular weight excluding hydrogens is 541 g/mol. The van der Waals surface area contributed by atoms with Crippen molar-refractivity contribution in [2.45, 2.75) is 25.9 Å². The van der Waals surface area contributed by atoms with Gasteiger partial charge in [-0.25, -0.2) is 9.97 Å². The molecule has 0 atom stereocenters. The first-order valence-electron chi connectivity index (χ1n) is 13.0. The Bertz CT molecular complexity index is 1870. The number of hydrogen-bond donors (Lipinski definition) is 2. The van der Waals surface area contributed by atoms with Crippen LogP contribution in [-0.2, 0) is 25.9 Å². The Morgan fingerprint density at radius 3 is 2.83 bits per heavy atom. The van der Waals surface area contributed by atoms with Gasteiger partial charge in [0.25, 0.3) is 5.91 Å². The Morgan fingerprint density at radius 2 is 1.95 bits per heavy atom. The molecule has 4 aromatic heterocycles. The number of thiazole rings is 1. The van der Waals surface area contributed by atoms with Crippen LogP contribution in [-0.4, -0.2) is 43.1 Å². The molecule has 0 saturated heterocycles. The maximum atomic E-state index is 13.4. The minimum atomic E-state index is -0.376. The summed E-state index contributed by atoms with van der Waals surface area (Å²) in [5.74, 6) is -0.155. The largest absolute Gasteiger partial charge is 0.324 e. The van der Waals surface area contributed by atoms with Gasteiger partial charge < -0.3 is 4.98 Å². The molecule has 198 valence electrons. The lowest BCUT2D eigenvalue weighted by Gasteiger charge is -2.25. The topological polar surface area (TPSA) is 104 Å². The summed E-state index contributed by atoms with van der Waals surface area (Å²) in [6.45, 7) is 2.77. The number of Topliss-reactive ketones (excluding diaryl/α,β-unsaturated/α-hetero) is 1. The van der Waals surface area contributed by atoms with E-state index in [4.69, 9.17) is 4.98 Å². The fourth-order valence-corrected chi connectivity index (χ4v) is 6.90. The fourth-order valence-electron chi connectivity index (χ4n) is 5.08. The summed E-state index contributed by atoms with van der Waals surface area (Å²) in [6.07, 6.45) is 2.79. The van der Waals surface area contributed by atoms with Gasteiger partial charge in [0.2, 0.25) is 5.95 Å². The van der Waals surface area contributed by atoms with E-state index in [1.807, 2.05) is 36.4 Å². The number of aromatic amines is 1. The molecule has 5 heterocycles. The number of nitrogens with one attached hydrogen (secondary N) is 2. The molecular formula is C30H24N6O2S2. The number of para-hydroxylation sites is 1. The number of carbonyl (C=O) groups is 2. The number of benzene rings is 2. The van der Waals surface area contributed by atoms with Crippen molar-refractivity contribution in [2.24, 2.45) is 0 Å². The highest BCUT2D eigenvalue weighted by molar-refractivity contribution is 7.11. The molecule has 0 saturated carbocycles. The quantitative estimate of drug-likeness (QED) is 0.235. The zero-order chi connectivity index (χ0) is 27.1. The highest BCUT2D eigenvalue weighted by Gasteiger charge is 2.23. The van der Waals surface area contributed by atoms with Crippen molar-refractivity contribution in [3.8, 4) is 0 Å². The van der Waals surface area contributed by atoms with E-state index in [2.05, 4.69) is 42.0 Å². The van der Waals surface area contributed by atoms with Crippen LogP contribution in [0.25, 0.3) is 21.8 Å². The third-order valence-corrected chi connectivity index (χ3v) is 8.88.